The normalized spacial score (nSPS) is 13.5. The van der Waals surface area contributed by atoms with Gasteiger partial charge < -0.3 is 15.7 Å². The number of benzene rings is 1. The zero-order chi connectivity index (χ0) is 16.1. The third-order valence-electron chi connectivity index (χ3n) is 3.56. The minimum Gasteiger partial charge on any atom is -0.396 e. The Morgan fingerprint density at radius 3 is 2.55 bits per heavy atom. The number of thiazole rings is 1. The molecule has 118 valence electrons. The molecule has 0 saturated carbocycles. The van der Waals surface area contributed by atoms with E-state index >= 15 is 0 Å². The van der Waals surface area contributed by atoms with Gasteiger partial charge in [-0.25, -0.2) is 9.78 Å². The van der Waals surface area contributed by atoms with Crippen LogP contribution < -0.4 is 10.6 Å². The van der Waals surface area contributed by atoms with Crippen LogP contribution in [0.2, 0.25) is 0 Å². The van der Waals surface area contributed by atoms with Gasteiger partial charge in [0.1, 0.15) is 0 Å². The van der Waals surface area contributed by atoms with Gasteiger partial charge in [-0.1, -0.05) is 19.1 Å². The van der Waals surface area contributed by atoms with Crippen molar-refractivity contribution in [3.05, 3.63) is 34.7 Å². The van der Waals surface area contributed by atoms with Crippen molar-refractivity contribution in [2.45, 2.75) is 26.8 Å². The van der Waals surface area contributed by atoms with Crippen molar-refractivity contribution in [2.75, 3.05) is 11.9 Å². The fourth-order valence-corrected chi connectivity index (χ4v) is 2.52. The van der Waals surface area contributed by atoms with Gasteiger partial charge in [0, 0.05) is 29.3 Å². The number of aryl methyl sites for hydroxylation is 1. The number of hydrogen-bond donors (Lipinski definition) is 3. The summed E-state index contributed by atoms with van der Waals surface area (Å²) in [5.74, 6) is 0.0148. The number of urea groups is 1. The Morgan fingerprint density at radius 1 is 1.32 bits per heavy atom. The van der Waals surface area contributed by atoms with E-state index in [2.05, 4.69) is 15.6 Å². The molecule has 0 aliphatic rings. The number of aliphatic hydroxyl groups excluding tert-OH is 1. The van der Waals surface area contributed by atoms with Gasteiger partial charge in [0.2, 0.25) is 0 Å². The van der Waals surface area contributed by atoms with E-state index in [9.17, 15) is 4.79 Å². The summed E-state index contributed by atoms with van der Waals surface area (Å²) >= 11 is 1.61. The van der Waals surface area contributed by atoms with E-state index in [0.717, 1.165) is 22.0 Å². The summed E-state index contributed by atoms with van der Waals surface area (Å²) in [5, 5.41) is 17.7. The van der Waals surface area contributed by atoms with Crippen molar-refractivity contribution in [3.63, 3.8) is 0 Å². The summed E-state index contributed by atoms with van der Waals surface area (Å²) in [6, 6.07) is 7.20. The van der Waals surface area contributed by atoms with Crippen LogP contribution in [-0.2, 0) is 0 Å². The lowest BCUT2D eigenvalue weighted by Crippen LogP contribution is -2.40. The predicted molar refractivity (Wildman–Crippen MR) is 90.2 cm³/mol. The van der Waals surface area contributed by atoms with Gasteiger partial charge in [0.25, 0.3) is 0 Å². The predicted octanol–water partition coefficient (Wildman–Crippen LogP) is 3.26. The smallest absolute Gasteiger partial charge is 0.319 e. The van der Waals surface area contributed by atoms with E-state index in [1.165, 1.54) is 0 Å². The molecule has 2 aromatic rings. The van der Waals surface area contributed by atoms with E-state index < -0.39 is 0 Å². The second-order valence-corrected chi connectivity index (χ2v) is 6.44. The molecule has 0 aliphatic carbocycles. The molecule has 0 aliphatic heterocycles. The summed E-state index contributed by atoms with van der Waals surface area (Å²) in [5.41, 5.74) is 2.69. The van der Waals surface area contributed by atoms with Gasteiger partial charge in [-0.15, -0.1) is 11.3 Å². The number of carbonyl (C=O) groups is 1. The van der Waals surface area contributed by atoms with Crippen molar-refractivity contribution in [3.8, 4) is 11.3 Å². The minimum atomic E-state index is -0.273. The van der Waals surface area contributed by atoms with Crippen LogP contribution in [0.3, 0.4) is 0 Å². The molecule has 2 unspecified atom stereocenters. The molecular formula is C16H21N3O2S. The molecule has 6 heteroatoms. The highest BCUT2D eigenvalue weighted by atomic mass is 32.1. The standard InChI is InChI=1S/C16H21N3O2S/c1-10(8-20)11(2)17-16(21)19-14-6-4-13(5-7-14)15-9-22-12(3)18-15/h4-7,9-11,20H,8H2,1-3H3,(H2,17,19,21). The van der Waals surface area contributed by atoms with Crippen molar-refractivity contribution in [1.29, 1.82) is 0 Å². The summed E-state index contributed by atoms with van der Waals surface area (Å²) in [7, 11) is 0. The minimum absolute atomic E-state index is 0.0148. The number of rotatable bonds is 5. The summed E-state index contributed by atoms with van der Waals surface area (Å²) < 4.78 is 0. The van der Waals surface area contributed by atoms with Crippen LogP contribution in [-0.4, -0.2) is 28.8 Å². The first-order valence-electron chi connectivity index (χ1n) is 7.20. The molecule has 1 heterocycles. The van der Waals surface area contributed by atoms with E-state index in [0.29, 0.717) is 0 Å². The van der Waals surface area contributed by atoms with E-state index in [4.69, 9.17) is 5.11 Å². The van der Waals surface area contributed by atoms with Crippen molar-refractivity contribution >= 4 is 23.1 Å². The largest absolute Gasteiger partial charge is 0.396 e. The molecule has 22 heavy (non-hydrogen) atoms. The van der Waals surface area contributed by atoms with E-state index in [1.807, 2.05) is 50.4 Å². The molecule has 2 atom stereocenters. The Hall–Kier alpha value is -1.92. The first-order valence-corrected chi connectivity index (χ1v) is 8.08. The lowest BCUT2D eigenvalue weighted by molar-refractivity contribution is 0.204. The zero-order valence-electron chi connectivity index (χ0n) is 13.0. The summed E-state index contributed by atoms with van der Waals surface area (Å²) in [4.78, 5) is 16.3. The third kappa shape index (κ3) is 4.29. The Balaban J connectivity index is 1.95. The molecule has 1 aromatic carbocycles. The molecule has 2 amide bonds. The Kier molecular flexibility index (Phi) is 5.51. The van der Waals surface area contributed by atoms with Crippen LogP contribution in [0.25, 0.3) is 11.3 Å². The number of nitrogens with one attached hydrogen (secondary N) is 2. The van der Waals surface area contributed by atoms with Gasteiger partial charge in [-0.2, -0.15) is 0 Å². The molecule has 0 bridgehead atoms. The molecule has 0 radical (unpaired) electrons. The third-order valence-corrected chi connectivity index (χ3v) is 4.33. The monoisotopic (exact) mass is 319 g/mol. The molecule has 0 saturated heterocycles. The number of aliphatic hydroxyl groups is 1. The number of carbonyl (C=O) groups excluding carboxylic acids is 1. The number of amides is 2. The van der Waals surface area contributed by atoms with Crippen LogP contribution in [0, 0.1) is 12.8 Å². The highest BCUT2D eigenvalue weighted by Gasteiger charge is 2.13. The Bertz CT molecular complexity index is 625. The average Bonchev–Trinajstić information content (AvgIpc) is 2.93. The van der Waals surface area contributed by atoms with Crippen LogP contribution in [0.5, 0.6) is 0 Å². The average molecular weight is 319 g/mol. The van der Waals surface area contributed by atoms with Crippen LogP contribution >= 0.6 is 11.3 Å². The van der Waals surface area contributed by atoms with Crippen LogP contribution in [0.1, 0.15) is 18.9 Å². The molecule has 3 N–H and O–H groups in total. The van der Waals surface area contributed by atoms with E-state index in [1.54, 1.807) is 11.3 Å². The van der Waals surface area contributed by atoms with Crippen molar-refractivity contribution < 1.29 is 9.90 Å². The fourth-order valence-electron chi connectivity index (χ4n) is 1.89. The fraction of sp³-hybridized carbons (Fsp3) is 0.375. The maximum atomic E-state index is 11.9. The van der Waals surface area contributed by atoms with Crippen molar-refractivity contribution in [2.24, 2.45) is 5.92 Å². The quantitative estimate of drug-likeness (QED) is 0.792. The number of hydrogen-bond acceptors (Lipinski definition) is 4. The zero-order valence-corrected chi connectivity index (χ0v) is 13.8. The van der Waals surface area contributed by atoms with E-state index in [-0.39, 0.29) is 24.6 Å². The molecule has 5 nitrogen and oxygen atoms in total. The highest BCUT2D eigenvalue weighted by molar-refractivity contribution is 7.09. The molecular weight excluding hydrogens is 298 g/mol. The number of aromatic nitrogens is 1. The topological polar surface area (TPSA) is 74.2 Å². The maximum absolute atomic E-state index is 11.9. The van der Waals surface area contributed by atoms with Gasteiger partial charge in [0.05, 0.1) is 10.7 Å². The number of anilines is 1. The Labute approximate surface area is 134 Å². The lowest BCUT2D eigenvalue weighted by atomic mass is 10.1. The lowest BCUT2D eigenvalue weighted by Gasteiger charge is -2.19. The maximum Gasteiger partial charge on any atom is 0.319 e. The molecule has 2 rings (SSSR count). The summed E-state index contributed by atoms with van der Waals surface area (Å²) in [6.45, 7) is 5.77. The summed E-state index contributed by atoms with van der Waals surface area (Å²) in [6.07, 6.45) is 0. The second-order valence-electron chi connectivity index (χ2n) is 5.38. The van der Waals surface area contributed by atoms with Gasteiger partial charge in [0.15, 0.2) is 0 Å². The van der Waals surface area contributed by atoms with Gasteiger partial charge in [-0.3, -0.25) is 0 Å². The Morgan fingerprint density at radius 2 is 2.00 bits per heavy atom. The second kappa shape index (κ2) is 7.38. The van der Waals surface area contributed by atoms with Gasteiger partial charge in [-0.05, 0) is 31.9 Å². The molecule has 0 spiro atoms. The van der Waals surface area contributed by atoms with Crippen molar-refractivity contribution in [1.82, 2.24) is 10.3 Å². The first-order chi connectivity index (χ1) is 10.5. The molecule has 1 aromatic heterocycles. The van der Waals surface area contributed by atoms with Crippen LogP contribution in [0.4, 0.5) is 10.5 Å². The number of nitrogens with zero attached hydrogens (tertiary/aromatic N) is 1. The van der Waals surface area contributed by atoms with Crippen LogP contribution in [0.15, 0.2) is 29.6 Å². The highest BCUT2D eigenvalue weighted by Crippen LogP contribution is 2.23. The first kappa shape index (κ1) is 16.5. The molecule has 0 fully saturated rings. The SMILES string of the molecule is Cc1nc(-c2ccc(NC(=O)NC(C)C(C)CO)cc2)cs1. The van der Waals surface area contributed by atoms with Gasteiger partial charge >= 0.3 is 6.03 Å².